The van der Waals surface area contributed by atoms with Gasteiger partial charge in [-0.15, -0.1) is 0 Å². The van der Waals surface area contributed by atoms with Crippen molar-refractivity contribution in [3.8, 4) is 0 Å². The Labute approximate surface area is 157 Å². The molecule has 0 fully saturated rings. The number of rotatable bonds is 12. The predicted molar refractivity (Wildman–Crippen MR) is 105 cm³/mol. The van der Waals surface area contributed by atoms with Gasteiger partial charge >= 0.3 is 5.97 Å². The summed E-state index contributed by atoms with van der Waals surface area (Å²) in [7, 11) is 0. The standard InChI is InChI=1S/C22H34O4/c1-4-5-16-22(2,3)20(24)15-13-17-12-14-19(23)18(17)10-8-6-7-9-11-21(25)26/h6,8,12-15,17-18,20,24H,4-5,7,9-11,16H2,1-3H3,(H,25,26)/b8-6-,15-13+/t17?,18-,20-/m1/s1. The molecule has 0 radical (unpaired) electrons. The summed E-state index contributed by atoms with van der Waals surface area (Å²) in [4.78, 5) is 22.6. The molecule has 0 spiro atoms. The number of carbonyl (C=O) groups excluding carboxylic acids is 1. The van der Waals surface area contributed by atoms with Crippen molar-refractivity contribution in [2.24, 2.45) is 17.3 Å². The van der Waals surface area contributed by atoms with Crippen molar-refractivity contribution in [2.75, 3.05) is 0 Å². The van der Waals surface area contributed by atoms with Gasteiger partial charge in [0.1, 0.15) is 0 Å². The molecule has 0 aromatic heterocycles. The van der Waals surface area contributed by atoms with Gasteiger partial charge in [-0.3, -0.25) is 9.59 Å². The van der Waals surface area contributed by atoms with E-state index in [1.165, 1.54) is 0 Å². The molecule has 1 unspecified atom stereocenters. The summed E-state index contributed by atoms with van der Waals surface area (Å²) in [6.07, 6.45) is 16.1. The Morgan fingerprint density at radius 1 is 1.31 bits per heavy atom. The molecule has 0 aromatic carbocycles. The van der Waals surface area contributed by atoms with E-state index in [1.807, 2.05) is 30.4 Å². The van der Waals surface area contributed by atoms with Crippen LogP contribution in [-0.4, -0.2) is 28.1 Å². The van der Waals surface area contributed by atoms with Gasteiger partial charge in [-0.1, -0.05) is 64.0 Å². The molecule has 0 bridgehead atoms. The lowest BCUT2D eigenvalue weighted by atomic mass is 9.80. The summed E-state index contributed by atoms with van der Waals surface area (Å²) in [6.45, 7) is 6.29. The van der Waals surface area contributed by atoms with Gasteiger partial charge in [0.05, 0.1) is 6.10 Å². The minimum Gasteiger partial charge on any atom is -0.481 e. The number of carboxylic acid groups (broad SMARTS) is 1. The van der Waals surface area contributed by atoms with Gasteiger partial charge in [0.15, 0.2) is 5.78 Å². The number of unbranched alkanes of at least 4 members (excludes halogenated alkanes) is 2. The highest BCUT2D eigenvalue weighted by Crippen LogP contribution is 2.31. The lowest BCUT2D eigenvalue weighted by Gasteiger charge is -2.28. The number of aliphatic hydroxyl groups excluding tert-OH is 1. The summed E-state index contributed by atoms with van der Waals surface area (Å²) in [6, 6.07) is 0. The van der Waals surface area contributed by atoms with Crippen molar-refractivity contribution >= 4 is 11.8 Å². The highest BCUT2D eigenvalue weighted by Gasteiger charge is 2.29. The van der Waals surface area contributed by atoms with Crippen LogP contribution in [0.4, 0.5) is 0 Å². The Morgan fingerprint density at radius 2 is 2.04 bits per heavy atom. The van der Waals surface area contributed by atoms with Gasteiger partial charge in [-0.05, 0) is 37.2 Å². The fourth-order valence-corrected chi connectivity index (χ4v) is 3.13. The molecule has 4 nitrogen and oxygen atoms in total. The van der Waals surface area contributed by atoms with E-state index in [9.17, 15) is 14.7 Å². The van der Waals surface area contributed by atoms with Crippen LogP contribution in [0.3, 0.4) is 0 Å². The number of aliphatic carboxylic acids is 1. The number of hydrogen-bond acceptors (Lipinski definition) is 3. The second-order valence-corrected chi connectivity index (χ2v) is 7.86. The van der Waals surface area contributed by atoms with E-state index in [0.29, 0.717) is 19.3 Å². The van der Waals surface area contributed by atoms with E-state index in [0.717, 1.165) is 19.3 Å². The van der Waals surface area contributed by atoms with Gasteiger partial charge in [-0.2, -0.15) is 0 Å². The molecule has 1 aliphatic carbocycles. The highest BCUT2D eigenvalue weighted by atomic mass is 16.4. The minimum atomic E-state index is -0.779. The Hall–Kier alpha value is -1.68. The Kier molecular flexibility index (Phi) is 9.57. The summed E-state index contributed by atoms with van der Waals surface area (Å²) in [5.74, 6) is -0.760. The molecule has 0 amide bonds. The molecule has 4 heteroatoms. The van der Waals surface area contributed by atoms with Gasteiger partial charge < -0.3 is 10.2 Å². The zero-order chi connectivity index (χ0) is 19.6. The van der Waals surface area contributed by atoms with Crippen molar-refractivity contribution in [3.63, 3.8) is 0 Å². The average molecular weight is 363 g/mol. The van der Waals surface area contributed by atoms with E-state index in [1.54, 1.807) is 6.08 Å². The maximum atomic E-state index is 12.1. The normalized spacial score (nSPS) is 21.9. The van der Waals surface area contributed by atoms with Gasteiger partial charge in [0.25, 0.3) is 0 Å². The molecule has 0 aliphatic heterocycles. The summed E-state index contributed by atoms with van der Waals surface area (Å²) < 4.78 is 0. The van der Waals surface area contributed by atoms with Gasteiger partial charge in [0.2, 0.25) is 0 Å². The second kappa shape index (κ2) is 11.1. The first-order valence-corrected chi connectivity index (χ1v) is 9.73. The van der Waals surface area contributed by atoms with Crippen LogP contribution in [0.1, 0.15) is 65.7 Å². The van der Waals surface area contributed by atoms with Crippen LogP contribution in [0.15, 0.2) is 36.5 Å². The number of allylic oxidation sites excluding steroid dienone is 5. The smallest absolute Gasteiger partial charge is 0.303 e. The molecular formula is C22H34O4. The fraction of sp³-hybridized carbons (Fsp3) is 0.636. The third-order valence-corrected chi connectivity index (χ3v) is 5.12. The van der Waals surface area contributed by atoms with Gasteiger partial charge in [-0.25, -0.2) is 0 Å². The average Bonchev–Trinajstić information content (AvgIpc) is 2.93. The molecule has 1 aliphatic rings. The van der Waals surface area contributed by atoms with E-state index in [4.69, 9.17) is 5.11 Å². The van der Waals surface area contributed by atoms with E-state index in [2.05, 4.69) is 20.8 Å². The zero-order valence-electron chi connectivity index (χ0n) is 16.4. The molecule has 0 heterocycles. The lowest BCUT2D eigenvalue weighted by Crippen LogP contribution is -2.27. The first-order valence-electron chi connectivity index (χ1n) is 9.73. The third kappa shape index (κ3) is 7.69. The molecular weight excluding hydrogens is 328 g/mol. The molecule has 0 saturated carbocycles. The number of carboxylic acids is 1. The first kappa shape index (κ1) is 22.4. The number of carbonyl (C=O) groups is 2. The van der Waals surface area contributed by atoms with Crippen LogP contribution < -0.4 is 0 Å². The topological polar surface area (TPSA) is 74.6 Å². The predicted octanol–water partition coefficient (Wildman–Crippen LogP) is 4.69. The van der Waals surface area contributed by atoms with Crippen molar-refractivity contribution in [2.45, 2.75) is 71.8 Å². The second-order valence-electron chi connectivity index (χ2n) is 7.86. The number of ketones is 1. The molecule has 0 saturated heterocycles. The van der Waals surface area contributed by atoms with Crippen LogP contribution in [-0.2, 0) is 9.59 Å². The van der Waals surface area contributed by atoms with Crippen LogP contribution in [0.25, 0.3) is 0 Å². The number of hydrogen-bond donors (Lipinski definition) is 2. The Morgan fingerprint density at radius 3 is 2.69 bits per heavy atom. The van der Waals surface area contributed by atoms with Crippen LogP contribution in [0, 0.1) is 17.3 Å². The molecule has 2 N–H and O–H groups in total. The zero-order valence-corrected chi connectivity index (χ0v) is 16.4. The molecule has 3 atom stereocenters. The minimum absolute atomic E-state index is 0.0165. The molecule has 26 heavy (non-hydrogen) atoms. The summed E-state index contributed by atoms with van der Waals surface area (Å²) >= 11 is 0. The van der Waals surface area contributed by atoms with E-state index < -0.39 is 12.1 Å². The SMILES string of the molecule is CCCCC(C)(C)[C@H](O)/C=C/C1C=CC(=O)[C@@H]1C/C=C\CCCC(=O)O. The van der Waals surface area contributed by atoms with Crippen molar-refractivity contribution in [1.82, 2.24) is 0 Å². The Balaban J connectivity index is 2.54. The largest absolute Gasteiger partial charge is 0.481 e. The van der Waals surface area contributed by atoms with Crippen molar-refractivity contribution in [1.29, 1.82) is 0 Å². The third-order valence-electron chi connectivity index (χ3n) is 5.12. The van der Waals surface area contributed by atoms with Crippen LogP contribution in [0.5, 0.6) is 0 Å². The van der Waals surface area contributed by atoms with Crippen molar-refractivity contribution < 1.29 is 19.8 Å². The summed E-state index contributed by atoms with van der Waals surface area (Å²) in [5, 5.41) is 19.1. The Bertz CT molecular complexity index is 542. The van der Waals surface area contributed by atoms with E-state index >= 15 is 0 Å². The fourth-order valence-electron chi connectivity index (χ4n) is 3.13. The van der Waals surface area contributed by atoms with Crippen LogP contribution >= 0.6 is 0 Å². The maximum Gasteiger partial charge on any atom is 0.303 e. The quantitative estimate of drug-likeness (QED) is 0.390. The lowest BCUT2D eigenvalue weighted by molar-refractivity contribution is -0.137. The molecule has 1 rings (SSSR count). The van der Waals surface area contributed by atoms with Gasteiger partial charge in [0, 0.05) is 18.3 Å². The summed E-state index contributed by atoms with van der Waals surface area (Å²) in [5.41, 5.74) is -0.168. The maximum absolute atomic E-state index is 12.1. The molecule has 0 aromatic rings. The first-order chi connectivity index (χ1) is 12.3. The molecule has 146 valence electrons. The van der Waals surface area contributed by atoms with Crippen molar-refractivity contribution in [3.05, 3.63) is 36.5 Å². The highest BCUT2D eigenvalue weighted by molar-refractivity contribution is 5.95. The number of aliphatic hydroxyl groups is 1. The van der Waals surface area contributed by atoms with Crippen LogP contribution in [0.2, 0.25) is 0 Å². The van der Waals surface area contributed by atoms with E-state index in [-0.39, 0.29) is 29.5 Å². The monoisotopic (exact) mass is 362 g/mol.